The van der Waals surface area contributed by atoms with Gasteiger partial charge in [-0.2, -0.15) is 0 Å². The molecule has 0 amide bonds. The van der Waals surface area contributed by atoms with Crippen molar-refractivity contribution in [2.24, 2.45) is 5.73 Å². The molecule has 1 aliphatic heterocycles. The predicted octanol–water partition coefficient (Wildman–Crippen LogP) is 1.29. The molecule has 0 saturated carbocycles. The maximum Gasteiger partial charge on any atom is 0.158 e. The van der Waals surface area contributed by atoms with Gasteiger partial charge in [0.1, 0.15) is 19.0 Å². The van der Waals surface area contributed by atoms with Crippen LogP contribution in [0.25, 0.3) is 0 Å². The van der Waals surface area contributed by atoms with Gasteiger partial charge < -0.3 is 15.2 Å². The van der Waals surface area contributed by atoms with Gasteiger partial charge in [-0.3, -0.25) is 0 Å². The zero-order valence-corrected chi connectivity index (χ0v) is 7.17. The van der Waals surface area contributed by atoms with Crippen LogP contribution in [0.15, 0.2) is 35.9 Å². The lowest BCUT2D eigenvalue weighted by molar-refractivity contribution is 0.0707. The van der Waals surface area contributed by atoms with Crippen LogP contribution in [0.3, 0.4) is 0 Å². The molecule has 2 N–H and O–H groups in total. The maximum atomic E-state index is 5.54. The van der Waals surface area contributed by atoms with Crippen molar-refractivity contribution in [3.8, 4) is 0 Å². The van der Waals surface area contributed by atoms with E-state index in [2.05, 4.69) is 6.58 Å². The lowest BCUT2D eigenvalue weighted by Crippen LogP contribution is -2.12. The van der Waals surface area contributed by atoms with Crippen molar-refractivity contribution < 1.29 is 9.47 Å². The molecule has 0 aliphatic carbocycles. The van der Waals surface area contributed by atoms with E-state index in [0.717, 1.165) is 5.76 Å². The Hall–Kier alpha value is -1.38. The fourth-order valence-corrected chi connectivity index (χ4v) is 0.873. The Morgan fingerprint density at radius 3 is 2.75 bits per heavy atom. The number of allylic oxidation sites excluding steroid dienone is 3. The number of ether oxygens (including phenoxy) is 2. The highest BCUT2D eigenvalue weighted by molar-refractivity contribution is 5.25. The second kappa shape index (κ2) is 3.85. The number of hydrogen-bond donors (Lipinski definition) is 1. The summed E-state index contributed by atoms with van der Waals surface area (Å²) >= 11 is 0. The van der Waals surface area contributed by atoms with E-state index in [1.807, 2.05) is 6.92 Å². The molecule has 0 bridgehead atoms. The molecule has 1 rings (SSSR count). The SMILES string of the molecule is C=C/C(N)=C\C1=C(C)OCCO1. The van der Waals surface area contributed by atoms with Gasteiger partial charge in [0.15, 0.2) is 5.76 Å². The first-order chi connectivity index (χ1) is 5.74. The molecule has 0 radical (unpaired) electrons. The number of nitrogens with two attached hydrogens (primary N) is 1. The Balaban J connectivity index is 2.78. The Morgan fingerprint density at radius 1 is 1.50 bits per heavy atom. The van der Waals surface area contributed by atoms with Gasteiger partial charge >= 0.3 is 0 Å². The van der Waals surface area contributed by atoms with Gasteiger partial charge in [0.25, 0.3) is 0 Å². The van der Waals surface area contributed by atoms with Crippen molar-refractivity contribution in [3.63, 3.8) is 0 Å². The third-order valence-electron chi connectivity index (χ3n) is 1.54. The first-order valence-electron chi connectivity index (χ1n) is 3.80. The highest BCUT2D eigenvalue weighted by Crippen LogP contribution is 2.14. The molecule has 66 valence electrons. The van der Waals surface area contributed by atoms with Crippen molar-refractivity contribution in [1.82, 2.24) is 0 Å². The summed E-state index contributed by atoms with van der Waals surface area (Å²) in [7, 11) is 0. The van der Waals surface area contributed by atoms with Crippen molar-refractivity contribution >= 4 is 0 Å². The smallest absolute Gasteiger partial charge is 0.158 e. The minimum absolute atomic E-state index is 0.577. The highest BCUT2D eigenvalue weighted by atomic mass is 16.6. The van der Waals surface area contributed by atoms with E-state index < -0.39 is 0 Å². The maximum absolute atomic E-state index is 5.54. The number of rotatable bonds is 2. The van der Waals surface area contributed by atoms with Gasteiger partial charge in [-0.15, -0.1) is 0 Å². The Labute approximate surface area is 72.2 Å². The van der Waals surface area contributed by atoms with Gasteiger partial charge in [0.05, 0.1) is 0 Å². The summed E-state index contributed by atoms with van der Waals surface area (Å²) in [5, 5.41) is 0. The van der Waals surface area contributed by atoms with Crippen LogP contribution in [-0.4, -0.2) is 13.2 Å². The third kappa shape index (κ3) is 2.05. The van der Waals surface area contributed by atoms with Crippen LogP contribution >= 0.6 is 0 Å². The highest BCUT2D eigenvalue weighted by Gasteiger charge is 2.08. The second-order valence-electron chi connectivity index (χ2n) is 2.47. The Bertz CT molecular complexity index is 241. The van der Waals surface area contributed by atoms with Crippen molar-refractivity contribution in [2.75, 3.05) is 13.2 Å². The molecule has 3 nitrogen and oxygen atoms in total. The van der Waals surface area contributed by atoms with Gasteiger partial charge in [0, 0.05) is 11.8 Å². The zero-order valence-electron chi connectivity index (χ0n) is 7.17. The summed E-state index contributed by atoms with van der Waals surface area (Å²) in [6.07, 6.45) is 3.28. The quantitative estimate of drug-likeness (QED) is 0.630. The molecule has 1 heterocycles. The molecule has 0 aromatic carbocycles. The summed E-state index contributed by atoms with van der Waals surface area (Å²) in [5.41, 5.74) is 6.12. The molecule has 0 aromatic rings. The Kier molecular flexibility index (Phi) is 2.80. The zero-order chi connectivity index (χ0) is 8.97. The van der Waals surface area contributed by atoms with Crippen molar-refractivity contribution in [2.45, 2.75) is 6.92 Å². The van der Waals surface area contributed by atoms with E-state index in [4.69, 9.17) is 15.2 Å². The molecule has 1 aliphatic rings. The lowest BCUT2D eigenvalue weighted by atomic mass is 10.3. The fourth-order valence-electron chi connectivity index (χ4n) is 0.873. The van der Waals surface area contributed by atoms with Crippen LogP contribution in [-0.2, 0) is 9.47 Å². The number of hydrogen-bond acceptors (Lipinski definition) is 3. The Morgan fingerprint density at radius 2 is 2.17 bits per heavy atom. The molecule has 0 atom stereocenters. The van der Waals surface area contributed by atoms with Crippen LogP contribution in [0.4, 0.5) is 0 Å². The van der Waals surface area contributed by atoms with Crippen LogP contribution < -0.4 is 5.73 Å². The summed E-state index contributed by atoms with van der Waals surface area (Å²) in [6, 6.07) is 0. The standard InChI is InChI=1S/C9H13NO2/c1-3-8(10)6-9-7(2)11-4-5-12-9/h3,6H,1,4-5,10H2,2H3/b8-6+. The average Bonchev–Trinajstić information content (AvgIpc) is 2.09. The minimum atomic E-state index is 0.577. The largest absolute Gasteiger partial charge is 0.491 e. The predicted molar refractivity (Wildman–Crippen MR) is 47.1 cm³/mol. The van der Waals surface area contributed by atoms with Gasteiger partial charge in [-0.25, -0.2) is 0 Å². The van der Waals surface area contributed by atoms with Gasteiger partial charge in [-0.1, -0.05) is 6.58 Å². The second-order valence-corrected chi connectivity index (χ2v) is 2.47. The molecule has 12 heavy (non-hydrogen) atoms. The molecule has 0 fully saturated rings. The van der Waals surface area contributed by atoms with E-state index in [9.17, 15) is 0 Å². The topological polar surface area (TPSA) is 44.5 Å². The molecule has 0 spiro atoms. The van der Waals surface area contributed by atoms with E-state index in [1.54, 1.807) is 12.2 Å². The van der Waals surface area contributed by atoms with Crippen molar-refractivity contribution in [1.29, 1.82) is 0 Å². The molecule has 0 saturated heterocycles. The molecule has 0 aromatic heterocycles. The lowest BCUT2D eigenvalue weighted by Gasteiger charge is -2.17. The van der Waals surface area contributed by atoms with Crippen LogP contribution in [0, 0.1) is 0 Å². The van der Waals surface area contributed by atoms with Gasteiger partial charge in [0.2, 0.25) is 0 Å². The molecule has 0 unspecified atom stereocenters. The van der Waals surface area contributed by atoms with E-state index in [-0.39, 0.29) is 0 Å². The first kappa shape index (κ1) is 8.71. The first-order valence-corrected chi connectivity index (χ1v) is 3.80. The van der Waals surface area contributed by atoms with E-state index in [1.165, 1.54) is 0 Å². The molecular formula is C9H13NO2. The summed E-state index contributed by atoms with van der Waals surface area (Å²) in [5.74, 6) is 1.46. The summed E-state index contributed by atoms with van der Waals surface area (Å²) in [6.45, 7) is 6.57. The van der Waals surface area contributed by atoms with Crippen LogP contribution in [0.5, 0.6) is 0 Å². The van der Waals surface area contributed by atoms with Crippen LogP contribution in [0.1, 0.15) is 6.92 Å². The minimum Gasteiger partial charge on any atom is -0.491 e. The summed E-state index contributed by atoms with van der Waals surface area (Å²) < 4.78 is 10.6. The fraction of sp³-hybridized carbons (Fsp3) is 0.333. The van der Waals surface area contributed by atoms with E-state index in [0.29, 0.717) is 24.7 Å². The van der Waals surface area contributed by atoms with Crippen molar-refractivity contribution in [3.05, 3.63) is 35.9 Å². The van der Waals surface area contributed by atoms with Gasteiger partial charge in [-0.05, 0) is 13.0 Å². The average molecular weight is 167 g/mol. The molecule has 3 heteroatoms. The monoisotopic (exact) mass is 167 g/mol. The third-order valence-corrected chi connectivity index (χ3v) is 1.54. The normalized spacial score (nSPS) is 18.2. The van der Waals surface area contributed by atoms with E-state index >= 15 is 0 Å². The van der Waals surface area contributed by atoms with Crippen LogP contribution in [0.2, 0.25) is 0 Å². The summed E-state index contributed by atoms with van der Waals surface area (Å²) in [4.78, 5) is 0. The molecular weight excluding hydrogens is 154 g/mol.